The number of nitrogens with zero attached hydrogens (tertiary/aromatic N) is 2. The number of pyridine rings is 1. The van der Waals surface area contributed by atoms with Crippen LogP contribution in [0.5, 0.6) is 0 Å². The summed E-state index contributed by atoms with van der Waals surface area (Å²) in [6.07, 6.45) is 2.09. The molecule has 1 aromatic heterocycles. The van der Waals surface area contributed by atoms with Gasteiger partial charge in [0.2, 0.25) is 0 Å². The fraction of sp³-hybridized carbons (Fsp3) is 0.643. The van der Waals surface area contributed by atoms with E-state index in [0.717, 1.165) is 0 Å². The second-order valence-corrected chi connectivity index (χ2v) is 7.94. The Hall–Kier alpha value is -1.21. The van der Waals surface area contributed by atoms with Gasteiger partial charge in [-0.15, -0.1) is 0 Å². The summed E-state index contributed by atoms with van der Waals surface area (Å²) in [6, 6.07) is 1.92. The van der Waals surface area contributed by atoms with Gasteiger partial charge in [0, 0.05) is 37.4 Å². The zero-order valence-corrected chi connectivity index (χ0v) is 13.3. The Morgan fingerprint density at radius 3 is 2.86 bits per heavy atom. The minimum atomic E-state index is -3.01. The lowest BCUT2D eigenvalue weighted by Gasteiger charge is -2.22. The smallest absolute Gasteiger partial charge is 0.170 e. The average molecular weight is 315 g/mol. The number of halogens is 1. The summed E-state index contributed by atoms with van der Waals surface area (Å²) < 4.78 is 37.8. The van der Waals surface area contributed by atoms with Gasteiger partial charge in [-0.25, -0.2) is 17.8 Å². The summed E-state index contributed by atoms with van der Waals surface area (Å²) in [4.78, 5) is 5.84. The topological polar surface area (TPSA) is 62.3 Å². The Bertz CT molecular complexity index is 590. The van der Waals surface area contributed by atoms with E-state index in [1.807, 2.05) is 13.8 Å². The predicted molar refractivity (Wildman–Crippen MR) is 81.7 cm³/mol. The van der Waals surface area contributed by atoms with Crippen LogP contribution in [0.1, 0.15) is 25.8 Å². The second-order valence-electron chi connectivity index (χ2n) is 5.64. The fourth-order valence-corrected chi connectivity index (χ4v) is 3.56. The van der Waals surface area contributed by atoms with Gasteiger partial charge in [0.1, 0.15) is 0 Å². The van der Waals surface area contributed by atoms with Crippen LogP contribution in [0.3, 0.4) is 0 Å². The van der Waals surface area contributed by atoms with Gasteiger partial charge in [0.15, 0.2) is 21.5 Å². The second kappa shape index (κ2) is 6.70. The summed E-state index contributed by atoms with van der Waals surface area (Å²) in [7, 11) is -3.01. The Kier molecular flexibility index (Phi) is 5.16. The first-order chi connectivity index (χ1) is 9.89. The third-order valence-electron chi connectivity index (χ3n) is 3.51. The molecule has 0 spiro atoms. The third-order valence-corrected chi connectivity index (χ3v) is 5.22. The molecule has 118 valence electrons. The zero-order valence-electron chi connectivity index (χ0n) is 12.5. The van der Waals surface area contributed by atoms with Crippen molar-refractivity contribution in [2.45, 2.75) is 32.9 Å². The molecule has 1 aliphatic heterocycles. The molecule has 1 aliphatic rings. The first-order valence-electron chi connectivity index (χ1n) is 7.21. The molecule has 0 aliphatic carbocycles. The van der Waals surface area contributed by atoms with E-state index in [-0.39, 0.29) is 29.2 Å². The number of hydrogen-bond donors (Lipinski definition) is 1. The van der Waals surface area contributed by atoms with E-state index in [2.05, 4.69) is 10.3 Å². The number of aromatic nitrogens is 1. The van der Waals surface area contributed by atoms with E-state index in [9.17, 15) is 12.8 Å². The molecule has 5 nitrogen and oxygen atoms in total. The van der Waals surface area contributed by atoms with Crippen molar-refractivity contribution in [1.29, 1.82) is 0 Å². The monoisotopic (exact) mass is 315 g/mol. The third kappa shape index (κ3) is 4.38. The highest BCUT2D eigenvalue weighted by Gasteiger charge is 2.23. The van der Waals surface area contributed by atoms with Crippen molar-refractivity contribution < 1.29 is 12.8 Å². The van der Waals surface area contributed by atoms with Gasteiger partial charge in [-0.2, -0.15) is 0 Å². The van der Waals surface area contributed by atoms with Crippen molar-refractivity contribution in [3.63, 3.8) is 0 Å². The van der Waals surface area contributed by atoms with Crippen molar-refractivity contribution in [1.82, 2.24) is 10.3 Å². The lowest BCUT2D eigenvalue weighted by molar-refractivity contribution is 0.547. The molecule has 0 aromatic carbocycles. The van der Waals surface area contributed by atoms with Crippen LogP contribution >= 0.6 is 0 Å². The molecule has 0 radical (unpaired) electrons. The van der Waals surface area contributed by atoms with Crippen LogP contribution in [0, 0.1) is 5.82 Å². The number of nitrogens with one attached hydrogen (secondary N) is 1. The van der Waals surface area contributed by atoms with Crippen molar-refractivity contribution >= 4 is 15.7 Å². The van der Waals surface area contributed by atoms with E-state index in [0.29, 0.717) is 31.6 Å². The van der Waals surface area contributed by atoms with Crippen LogP contribution in [0.4, 0.5) is 10.2 Å². The van der Waals surface area contributed by atoms with Gasteiger partial charge < -0.3 is 10.2 Å². The van der Waals surface area contributed by atoms with E-state index in [4.69, 9.17) is 0 Å². The number of rotatable bonds is 4. The van der Waals surface area contributed by atoms with E-state index >= 15 is 0 Å². The van der Waals surface area contributed by atoms with Crippen LogP contribution < -0.4 is 10.2 Å². The van der Waals surface area contributed by atoms with Crippen LogP contribution in [0.2, 0.25) is 0 Å². The highest BCUT2D eigenvalue weighted by Crippen LogP contribution is 2.21. The molecule has 2 heterocycles. The Balaban J connectivity index is 2.17. The molecule has 2 rings (SSSR count). The Morgan fingerprint density at radius 1 is 1.38 bits per heavy atom. The average Bonchev–Trinajstić information content (AvgIpc) is 2.58. The van der Waals surface area contributed by atoms with Crippen LogP contribution in [-0.4, -0.2) is 44.0 Å². The molecule has 0 saturated carbocycles. The highest BCUT2D eigenvalue weighted by atomic mass is 32.2. The zero-order chi connectivity index (χ0) is 15.5. The predicted octanol–water partition coefficient (Wildman–Crippen LogP) is 1.34. The molecule has 21 heavy (non-hydrogen) atoms. The normalized spacial score (nSPS) is 18.8. The van der Waals surface area contributed by atoms with Crippen LogP contribution in [0.25, 0.3) is 0 Å². The van der Waals surface area contributed by atoms with E-state index in [1.165, 1.54) is 0 Å². The van der Waals surface area contributed by atoms with E-state index < -0.39 is 9.84 Å². The maximum atomic E-state index is 14.5. The van der Waals surface area contributed by atoms with Crippen LogP contribution in [0.15, 0.2) is 12.3 Å². The summed E-state index contributed by atoms with van der Waals surface area (Å²) in [5.74, 6) is 0.127. The minimum absolute atomic E-state index is 0.0581. The molecule has 0 amide bonds. The summed E-state index contributed by atoms with van der Waals surface area (Å²) in [5, 5.41) is 3.18. The lowest BCUT2D eigenvalue weighted by atomic mass is 10.2. The standard InChI is InChI=1S/C14H22FN3O2S/c1-11(2)17-10-12-4-5-16-14(13(12)15)18-6-3-8-21(19,20)9-7-18/h4-5,11,17H,3,6-10H2,1-2H3. The molecule has 1 saturated heterocycles. The SMILES string of the molecule is CC(C)NCc1ccnc(N2CCCS(=O)(=O)CC2)c1F. The summed E-state index contributed by atoms with van der Waals surface area (Å²) in [6.45, 7) is 5.25. The van der Waals surface area contributed by atoms with Gasteiger partial charge in [-0.1, -0.05) is 13.8 Å². The molecule has 7 heteroatoms. The number of sulfone groups is 1. The molecule has 1 fully saturated rings. The van der Waals surface area contributed by atoms with Gasteiger partial charge in [-0.05, 0) is 12.5 Å². The van der Waals surface area contributed by atoms with Gasteiger partial charge in [-0.3, -0.25) is 0 Å². The number of hydrogen-bond acceptors (Lipinski definition) is 5. The van der Waals surface area contributed by atoms with Crippen molar-refractivity contribution in [2.24, 2.45) is 0 Å². The molecule has 1 N–H and O–H groups in total. The maximum absolute atomic E-state index is 14.5. The Morgan fingerprint density at radius 2 is 2.14 bits per heavy atom. The fourth-order valence-electron chi connectivity index (χ4n) is 2.29. The first kappa shape index (κ1) is 16.2. The molecular weight excluding hydrogens is 293 g/mol. The molecule has 1 aromatic rings. The van der Waals surface area contributed by atoms with Gasteiger partial charge >= 0.3 is 0 Å². The lowest BCUT2D eigenvalue weighted by Crippen LogP contribution is -2.29. The summed E-state index contributed by atoms with van der Waals surface area (Å²) >= 11 is 0. The summed E-state index contributed by atoms with van der Waals surface area (Å²) in [5.41, 5.74) is 0.556. The molecular formula is C14H22FN3O2S. The minimum Gasteiger partial charge on any atom is -0.353 e. The first-order valence-corrected chi connectivity index (χ1v) is 9.03. The van der Waals surface area contributed by atoms with Crippen LogP contribution in [-0.2, 0) is 16.4 Å². The largest absolute Gasteiger partial charge is 0.353 e. The quantitative estimate of drug-likeness (QED) is 0.908. The maximum Gasteiger partial charge on any atom is 0.170 e. The van der Waals surface area contributed by atoms with E-state index in [1.54, 1.807) is 17.2 Å². The van der Waals surface area contributed by atoms with Gasteiger partial charge in [0.25, 0.3) is 0 Å². The highest BCUT2D eigenvalue weighted by molar-refractivity contribution is 7.91. The van der Waals surface area contributed by atoms with Crippen molar-refractivity contribution in [3.8, 4) is 0 Å². The van der Waals surface area contributed by atoms with Crippen molar-refractivity contribution in [2.75, 3.05) is 29.5 Å². The van der Waals surface area contributed by atoms with Gasteiger partial charge in [0.05, 0.1) is 11.5 Å². The van der Waals surface area contributed by atoms with Crippen molar-refractivity contribution in [3.05, 3.63) is 23.6 Å². The molecule has 0 atom stereocenters. The number of anilines is 1. The molecule has 0 bridgehead atoms. The molecule has 0 unspecified atom stereocenters. The Labute approximate surface area is 125 Å².